The molecule has 0 atom stereocenters. The van der Waals surface area contributed by atoms with Gasteiger partial charge in [0.25, 0.3) is 0 Å². The molecule has 0 spiro atoms. The normalized spacial score (nSPS) is 10.4. The van der Waals surface area contributed by atoms with Crippen LogP contribution in [-0.2, 0) is 9.31 Å². The fourth-order valence-corrected chi connectivity index (χ4v) is 1.60. The molecule has 16 heavy (non-hydrogen) atoms. The van der Waals surface area contributed by atoms with Gasteiger partial charge in [-0.2, -0.15) is 0 Å². The van der Waals surface area contributed by atoms with Crippen LogP contribution in [0.4, 0.5) is 0 Å². The zero-order valence-corrected chi connectivity index (χ0v) is 12.9. The summed E-state index contributed by atoms with van der Waals surface area (Å²) in [4.78, 5) is 0. The summed E-state index contributed by atoms with van der Waals surface area (Å²) in [6.07, 6.45) is 3.62. The first-order valence-electron chi connectivity index (χ1n) is 5.91. The molecule has 0 unspecified atom stereocenters. The SMILES string of the molecule is CC(C)OB(C#CCCCCI)OC(C)C. The second-order valence-electron chi connectivity index (χ2n) is 4.17. The van der Waals surface area contributed by atoms with Gasteiger partial charge >= 0.3 is 7.12 Å². The predicted octanol–water partition coefficient (Wildman–Crippen LogP) is 3.47. The van der Waals surface area contributed by atoms with E-state index in [1.165, 1.54) is 10.8 Å². The van der Waals surface area contributed by atoms with Crippen molar-refractivity contribution < 1.29 is 9.31 Å². The Balaban J connectivity index is 3.97. The van der Waals surface area contributed by atoms with Crippen molar-refractivity contribution in [1.82, 2.24) is 0 Å². The monoisotopic (exact) mass is 336 g/mol. The van der Waals surface area contributed by atoms with Gasteiger partial charge in [0.05, 0.1) is 0 Å². The molecule has 0 aromatic carbocycles. The molecule has 2 nitrogen and oxygen atoms in total. The maximum atomic E-state index is 5.57. The maximum Gasteiger partial charge on any atom is 0.550 e. The molecule has 4 heteroatoms. The van der Waals surface area contributed by atoms with Crippen LogP contribution in [-0.4, -0.2) is 23.8 Å². The lowest BCUT2D eigenvalue weighted by atomic mass is 9.90. The van der Waals surface area contributed by atoms with E-state index in [-0.39, 0.29) is 19.3 Å². The number of hydrogen-bond acceptors (Lipinski definition) is 2. The van der Waals surface area contributed by atoms with Gasteiger partial charge < -0.3 is 9.31 Å². The van der Waals surface area contributed by atoms with Crippen LogP contribution in [0.5, 0.6) is 0 Å². The van der Waals surface area contributed by atoms with Crippen LogP contribution in [0.2, 0.25) is 0 Å². The Morgan fingerprint density at radius 2 is 1.62 bits per heavy atom. The van der Waals surface area contributed by atoms with Crippen LogP contribution in [0.1, 0.15) is 47.0 Å². The summed E-state index contributed by atoms with van der Waals surface area (Å²) in [7, 11) is -0.375. The molecule has 0 heterocycles. The van der Waals surface area contributed by atoms with Crippen LogP contribution in [0.3, 0.4) is 0 Å². The van der Waals surface area contributed by atoms with Crippen molar-refractivity contribution in [1.29, 1.82) is 0 Å². The Hall–Kier alpha value is 0.275. The van der Waals surface area contributed by atoms with Crippen molar-refractivity contribution in [2.75, 3.05) is 4.43 Å². The Morgan fingerprint density at radius 3 is 2.06 bits per heavy atom. The Bertz CT molecular complexity index is 211. The third-order valence-corrected chi connectivity index (χ3v) is 2.46. The lowest BCUT2D eigenvalue weighted by molar-refractivity contribution is 0.140. The fourth-order valence-electron chi connectivity index (χ4n) is 1.06. The number of hydrogen-bond donors (Lipinski definition) is 0. The molecule has 0 aliphatic carbocycles. The first kappa shape index (κ1) is 16.3. The smallest absolute Gasteiger partial charge is 0.398 e. The zero-order chi connectivity index (χ0) is 12.4. The summed E-state index contributed by atoms with van der Waals surface area (Å²) in [5.74, 6) is 6.17. The lowest BCUT2D eigenvalue weighted by Crippen LogP contribution is -2.28. The molecular formula is C12H22BIO2. The zero-order valence-electron chi connectivity index (χ0n) is 10.8. The largest absolute Gasteiger partial charge is 0.550 e. The van der Waals surface area contributed by atoms with E-state index in [0.717, 1.165) is 12.8 Å². The van der Waals surface area contributed by atoms with Crippen LogP contribution in [0.15, 0.2) is 0 Å². The Morgan fingerprint density at radius 1 is 1.06 bits per heavy atom. The summed E-state index contributed by atoms with van der Waals surface area (Å²) in [5, 5.41) is 0. The van der Waals surface area contributed by atoms with E-state index in [1.54, 1.807) is 0 Å². The topological polar surface area (TPSA) is 18.5 Å². The van der Waals surface area contributed by atoms with Crippen molar-refractivity contribution in [3.05, 3.63) is 0 Å². The van der Waals surface area contributed by atoms with Crippen molar-refractivity contribution in [3.63, 3.8) is 0 Å². The second-order valence-corrected chi connectivity index (χ2v) is 5.25. The van der Waals surface area contributed by atoms with E-state index >= 15 is 0 Å². The van der Waals surface area contributed by atoms with Crippen molar-refractivity contribution in [3.8, 4) is 11.7 Å². The molecule has 0 radical (unpaired) electrons. The van der Waals surface area contributed by atoms with Gasteiger partial charge in [-0.15, -0.1) is 5.92 Å². The molecule has 0 amide bonds. The molecule has 0 saturated heterocycles. The third-order valence-electron chi connectivity index (χ3n) is 1.70. The summed E-state index contributed by atoms with van der Waals surface area (Å²) in [6.45, 7) is 7.98. The highest BCUT2D eigenvalue weighted by atomic mass is 127. The fraction of sp³-hybridized carbons (Fsp3) is 0.833. The second kappa shape index (κ2) is 10.4. The van der Waals surface area contributed by atoms with Gasteiger partial charge in [0.2, 0.25) is 0 Å². The predicted molar refractivity (Wildman–Crippen MR) is 78.7 cm³/mol. The van der Waals surface area contributed by atoms with Gasteiger partial charge in [-0.1, -0.05) is 28.4 Å². The highest BCUT2D eigenvalue weighted by molar-refractivity contribution is 14.1. The molecule has 92 valence electrons. The van der Waals surface area contributed by atoms with Crippen LogP contribution >= 0.6 is 22.6 Å². The summed E-state index contributed by atoms with van der Waals surface area (Å²) in [6, 6.07) is 0. The van der Waals surface area contributed by atoms with E-state index in [2.05, 4.69) is 34.3 Å². The standard InChI is InChI=1S/C12H22BIO2/c1-11(2)15-13(16-12(3)4)9-7-5-6-8-10-14/h11-12H,5-6,8,10H2,1-4H3. The van der Waals surface area contributed by atoms with E-state index in [9.17, 15) is 0 Å². The van der Waals surface area contributed by atoms with Crippen molar-refractivity contribution in [2.24, 2.45) is 0 Å². The number of halogens is 1. The summed E-state index contributed by atoms with van der Waals surface area (Å²) in [5.41, 5.74) is 0. The van der Waals surface area contributed by atoms with Gasteiger partial charge in [-0.3, -0.25) is 0 Å². The van der Waals surface area contributed by atoms with E-state index in [4.69, 9.17) is 9.31 Å². The quantitative estimate of drug-likeness (QED) is 0.233. The van der Waals surface area contributed by atoms with Gasteiger partial charge in [-0.05, 0) is 45.0 Å². The van der Waals surface area contributed by atoms with Gasteiger partial charge in [0.15, 0.2) is 0 Å². The minimum absolute atomic E-state index is 0.146. The summed E-state index contributed by atoms with van der Waals surface area (Å²) >= 11 is 2.39. The molecule has 0 N–H and O–H groups in total. The van der Waals surface area contributed by atoms with Crippen LogP contribution in [0.25, 0.3) is 0 Å². The summed E-state index contributed by atoms with van der Waals surface area (Å²) < 4.78 is 12.3. The van der Waals surface area contributed by atoms with Crippen molar-refractivity contribution in [2.45, 2.75) is 59.2 Å². The number of rotatable bonds is 7. The lowest BCUT2D eigenvalue weighted by Gasteiger charge is -2.14. The molecule has 0 saturated carbocycles. The molecule has 0 bridgehead atoms. The third kappa shape index (κ3) is 10.8. The maximum absolute atomic E-state index is 5.57. The van der Waals surface area contributed by atoms with Gasteiger partial charge in [0, 0.05) is 18.6 Å². The molecule has 0 rings (SSSR count). The molecule has 0 aromatic heterocycles. The Labute approximate surface area is 114 Å². The molecule has 0 aliphatic rings. The van der Waals surface area contributed by atoms with Gasteiger partial charge in [-0.25, -0.2) is 0 Å². The van der Waals surface area contributed by atoms with E-state index in [1.807, 2.05) is 27.7 Å². The van der Waals surface area contributed by atoms with Crippen LogP contribution in [0, 0.1) is 11.7 Å². The van der Waals surface area contributed by atoms with E-state index < -0.39 is 0 Å². The minimum Gasteiger partial charge on any atom is -0.398 e. The number of alkyl halides is 1. The molecular weight excluding hydrogens is 314 g/mol. The number of unbranched alkanes of at least 4 members (excludes halogenated alkanes) is 2. The van der Waals surface area contributed by atoms with Crippen LogP contribution < -0.4 is 0 Å². The van der Waals surface area contributed by atoms with Crippen molar-refractivity contribution >= 4 is 29.7 Å². The molecule has 0 aliphatic heterocycles. The first-order valence-corrected chi connectivity index (χ1v) is 7.44. The highest BCUT2D eigenvalue weighted by Crippen LogP contribution is 2.01. The highest BCUT2D eigenvalue weighted by Gasteiger charge is 2.18. The minimum atomic E-state index is -0.375. The van der Waals surface area contributed by atoms with E-state index in [0.29, 0.717) is 0 Å². The first-order chi connectivity index (χ1) is 7.56. The molecule has 0 fully saturated rings. The van der Waals surface area contributed by atoms with Gasteiger partial charge in [0.1, 0.15) is 0 Å². The average molecular weight is 336 g/mol. The molecule has 0 aromatic rings. The average Bonchev–Trinajstić information content (AvgIpc) is 2.15. The Kier molecular flexibility index (Phi) is 10.6.